The summed E-state index contributed by atoms with van der Waals surface area (Å²) >= 11 is 0. The van der Waals surface area contributed by atoms with E-state index in [1.165, 1.54) is 12.2 Å². The van der Waals surface area contributed by atoms with Gasteiger partial charge in [-0.3, -0.25) is 0 Å². The van der Waals surface area contributed by atoms with E-state index < -0.39 is 6.67 Å². The Bertz CT molecular complexity index is 107. The molecule has 52 valence electrons. The molecule has 0 N–H and O–H groups in total. The van der Waals surface area contributed by atoms with Gasteiger partial charge in [0.05, 0.1) is 6.61 Å². The maximum Gasteiger partial charge on any atom is 0.146 e. The predicted octanol–water partition coefficient (Wildman–Crippen LogP) is 2.06. The van der Waals surface area contributed by atoms with Crippen LogP contribution < -0.4 is 0 Å². The SMILES string of the molecule is C=C/C=C(\CF)OCC. The van der Waals surface area contributed by atoms with Crippen LogP contribution in [0.1, 0.15) is 6.92 Å². The fourth-order valence-corrected chi connectivity index (χ4v) is 0.448. The van der Waals surface area contributed by atoms with Gasteiger partial charge in [0, 0.05) is 0 Å². The number of ether oxygens (including phenoxy) is 1. The zero-order valence-electron chi connectivity index (χ0n) is 5.56. The second-order valence-electron chi connectivity index (χ2n) is 1.44. The largest absolute Gasteiger partial charge is 0.495 e. The van der Waals surface area contributed by atoms with Crippen LogP contribution in [0.2, 0.25) is 0 Å². The molecule has 0 aliphatic carbocycles. The van der Waals surface area contributed by atoms with Crippen molar-refractivity contribution in [3.63, 3.8) is 0 Å². The molecule has 0 aromatic rings. The number of alkyl halides is 1. The average molecular weight is 130 g/mol. The van der Waals surface area contributed by atoms with Crippen molar-refractivity contribution in [3.8, 4) is 0 Å². The number of hydrogen-bond donors (Lipinski definition) is 0. The van der Waals surface area contributed by atoms with Gasteiger partial charge >= 0.3 is 0 Å². The standard InChI is InChI=1S/C7H11FO/c1-3-5-7(6-8)9-4-2/h3,5H,1,4,6H2,2H3/b7-5+. The van der Waals surface area contributed by atoms with Crippen molar-refractivity contribution in [3.05, 3.63) is 24.5 Å². The van der Waals surface area contributed by atoms with Crippen molar-refractivity contribution in [2.45, 2.75) is 6.92 Å². The third kappa shape index (κ3) is 3.76. The monoisotopic (exact) mass is 130 g/mol. The van der Waals surface area contributed by atoms with Crippen molar-refractivity contribution in [2.24, 2.45) is 0 Å². The van der Waals surface area contributed by atoms with Crippen LogP contribution in [0.3, 0.4) is 0 Å². The Kier molecular flexibility index (Phi) is 4.88. The maximum atomic E-state index is 11.8. The molecule has 0 rings (SSSR count). The van der Waals surface area contributed by atoms with E-state index in [1.807, 2.05) is 6.92 Å². The van der Waals surface area contributed by atoms with E-state index in [0.29, 0.717) is 12.4 Å². The number of halogens is 1. The Morgan fingerprint density at radius 1 is 1.78 bits per heavy atom. The van der Waals surface area contributed by atoms with Crippen molar-refractivity contribution >= 4 is 0 Å². The molecule has 0 unspecified atom stereocenters. The molecule has 0 bridgehead atoms. The summed E-state index contributed by atoms with van der Waals surface area (Å²) in [7, 11) is 0. The van der Waals surface area contributed by atoms with Crippen LogP contribution in [-0.4, -0.2) is 13.3 Å². The summed E-state index contributed by atoms with van der Waals surface area (Å²) in [5, 5.41) is 0. The van der Waals surface area contributed by atoms with Gasteiger partial charge in [-0.25, -0.2) is 4.39 Å². The minimum atomic E-state index is -0.556. The number of allylic oxidation sites excluding steroid dienone is 3. The molecule has 0 aliphatic rings. The van der Waals surface area contributed by atoms with E-state index in [0.717, 1.165) is 0 Å². The minimum Gasteiger partial charge on any atom is -0.495 e. The highest BCUT2D eigenvalue weighted by Crippen LogP contribution is 1.96. The molecule has 1 nitrogen and oxygen atoms in total. The smallest absolute Gasteiger partial charge is 0.146 e. The molecular formula is C7H11FO. The van der Waals surface area contributed by atoms with Crippen molar-refractivity contribution in [2.75, 3.05) is 13.3 Å². The zero-order chi connectivity index (χ0) is 7.11. The third-order valence-electron chi connectivity index (χ3n) is 0.765. The Balaban J connectivity index is 3.66. The fraction of sp³-hybridized carbons (Fsp3) is 0.429. The third-order valence-corrected chi connectivity index (χ3v) is 0.765. The summed E-state index contributed by atoms with van der Waals surface area (Å²) in [6, 6.07) is 0. The summed E-state index contributed by atoms with van der Waals surface area (Å²) in [4.78, 5) is 0. The second-order valence-corrected chi connectivity index (χ2v) is 1.44. The van der Waals surface area contributed by atoms with E-state index in [9.17, 15) is 4.39 Å². The van der Waals surface area contributed by atoms with Crippen LogP contribution in [-0.2, 0) is 4.74 Å². The van der Waals surface area contributed by atoms with Crippen molar-refractivity contribution in [1.29, 1.82) is 0 Å². The first-order chi connectivity index (χ1) is 4.35. The van der Waals surface area contributed by atoms with Gasteiger partial charge in [0.1, 0.15) is 12.4 Å². The van der Waals surface area contributed by atoms with Crippen LogP contribution in [0.25, 0.3) is 0 Å². The summed E-state index contributed by atoms with van der Waals surface area (Å²) in [5.41, 5.74) is 0. The van der Waals surface area contributed by atoms with Gasteiger partial charge in [-0.1, -0.05) is 12.7 Å². The molecule has 0 radical (unpaired) electrons. The van der Waals surface area contributed by atoms with Gasteiger partial charge in [-0.2, -0.15) is 0 Å². The minimum absolute atomic E-state index is 0.340. The lowest BCUT2D eigenvalue weighted by molar-refractivity contribution is 0.204. The van der Waals surface area contributed by atoms with E-state index in [1.54, 1.807) is 0 Å². The first-order valence-corrected chi connectivity index (χ1v) is 2.85. The Labute approximate surface area is 54.8 Å². The molecule has 0 atom stereocenters. The molecule has 0 saturated carbocycles. The highest BCUT2D eigenvalue weighted by Gasteiger charge is 1.90. The lowest BCUT2D eigenvalue weighted by Crippen LogP contribution is -1.92. The van der Waals surface area contributed by atoms with Crippen LogP contribution in [0.15, 0.2) is 24.5 Å². The average Bonchev–Trinajstić information content (AvgIpc) is 1.88. The first kappa shape index (κ1) is 8.21. The Morgan fingerprint density at radius 3 is 2.78 bits per heavy atom. The van der Waals surface area contributed by atoms with Crippen LogP contribution in [0.5, 0.6) is 0 Å². The van der Waals surface area contributed by atoms with Crippen molar-refractivity contribution in [1.82, 2.24) is 0 Å². The van der Waals surface area contributed by atoms with E-state index in [-0.39, 0.29) is 0 Å². The quantitative estimate of drug-likeness (QED) is 0.418. The fourth-order valence-electron chi connectivity index (χ4n) is 0.448. The molecule has 0 aromatic carbocycles. The van der Waals surface area contributed by atoms with Gasteiger partial charge in [0.25, 0.3) is 0 Å². The summed E-state index contributed by atoms with van der Waals surface area (Å²) in [5.74, 6) is 0.340. The maximum absolute atomic E-state index is 11.8. The molecule has 0 saturated heterocycles. The normalized spacial score (nSPS) is 11.1. The predicted molar refractivity (Wildman–Crippen MR) is 35.9 cm³/mol. The zero-order valence-corrected chi connectivity index (χ0v) is 5.56. The van der Waals surface area contributed by atoms with Gasteiger partial charge in [-0.05, 0) is 13.0 Å². The van der Waals surface area contributed by atoms with Gasteiger partial charge in [-0.15, -0.1) is 0 Å². The van der Waals surface area contributed by atoms with E-state index in [4.69, 9.17) is 4.74 Å². The van der Waals surface area contributed by atoms with Crippen LogP contribution in [0.4, 0.5) is 4.39 Å². The first-order valence-electron chi connectivity index (χ1n) is 2.85. The van der Waals surface area contributed by atoms with Gasteiger partial charge < -0.3 is 4.74 Å². The van der Waals surface area contributed by atoms with Crippen molar-refractivity contribution < 1.29 is 9.13 Å². The number of hydrogen-bond acceptors (Lipinski definition) is 1. The van der Waals surface area contributed by atoms with E-state index in [2.05, 4.69) is 6.58 Å². The molecular weight excluding hydrogens is 119 g/mol. The summed E-state index contributed by atoms with van der Waals surface area (Å²) in [6.07, 6.45) is 3.02. The molecule has 0 aromatic heterocycles. The molecule has 0 heterocycles. The molecule has 9 heavy (non-hydrogen) atoms. The summed E-state index contributed by atoms with van der Waals surface area (Å²) in [6.45, 7) is 5.17. The summed E-state index contributed by atoms with van der Waals surface area (Å²) < 4.78 is 16.6. The highest BCUT2D eigenvalue weighted by atomic mass is 19.1. The Hall–Kier alpha value is -0.790. The topological polar surface area (TPSA) is 9.23 Å². The molecule has 2 heteroatoms. The van der Waals surface area contributed by atoms with E-state index >= 15 is 0 Å². The van der Waals surface area contributed by atoms with Crippen LogP contribution in [0, 0.1) is 0 Å². The molecule has 0 fully saturated rings. The van der Waals surface area contributed by atoms with Crippen LogP contribution >= 0.6 is 0 Å². The molecule has 0 amide bonds. The number of rotatable bonds is 4. The van der Waals surface area contributed by atoms with Gasteiger partial charge in [0.2, 0.25) is 0 Å². The lowest BCUT2D eigenvalue weighted by Gasteiger charge is -2.00. The molecule has 0 spiro atoms. The van der Waals surface area contributed by atoms with Gasteiger partial charge in [0.15, 0.2) is 0 Å². The second kappa shape index (κ2) is 5.35. The molecule has 0 aliphatic heterocycles. The lowest BCUT2D eigenvalue weighted by atomic mass is 10.4. The Morgan fingerprint density at radius 2 is 2.44 bits per heavy atom. The highest BCUT2D eigenvalue weighted by molar-refractivity contribution is 5.04.